The predicted molar refractivity (Wildman–Crippen MR) is 80.1 cm³/mol. The average molecular weight is 295 g/mol. The minimum absolute atomic E-state index is 0.106. The maximum absolute atomic E-state index is 12.0. The summed E-state index contributed by atoms with van der Waals surface area (Å²) >= 11 is 0. The molecule has 6 nitrogen and oxygen atoms in total. The van der Waals surface area contributed by atoms with E-state index in [0.29, 0.717) is 25.3 Å². The maximum atomic E-state index is 12.0. The molecule has 1 aliphatic rings. The first-order valence-electron chi connectivity index (χ1n) is 7.37. The van der Waals surface area contributed by atoms with Gasteiger partial charge in [0, 0.05) is 24.6 Å². The van der Waals surface area contributed by atoms with Crippen LogP contribution in [0.15, 0.2) is 10.6 Å². The van der Waals surface area contributed by atoms with Crippen molar-refractivity contribution in [3.63, 3.8) is 0 Å². The highest BCUT2D eigenvalue weighted by molar-refractivity contribution is 5.91. The van der Waals surface area contributed by atoms with Crippen molar-refractivity contribution in [3.8, 4) is 0 Å². The fourth-order valence-corrected chi connectivity index (χ4v) is 2.26. The van der Waals surface area contributed by atoms with E-state index in [1.165, 1.54) is 0 Å². The molecule has 1 saturated heterocycles. The van der Waals surface area contributed by atoms with Gasteiger partial charge in [-0.1, -0.05) is 25.9 Å². The summed E-state index contributed by atoms with van der Waals surface area (Å²) in [6, 6.07) is 1.76. The molecule has 6 heteroatoms. The molecule has 0 spiro atoms. The summed E-state index contributed by atoms with van der Waals surface area (Å²) < 4.78 is 5.14. The van der Waals surface area contributed by atoms with Crippen molar-refractivity contribution in [2.45, 2.75) is 51.6 Å². The number of hydrogen-bond acceptors (Lipinski definition) is 5. The van der Waals surface area contributed by atoms with Crippen molar-refractivity contribution in [1.29, 1.82) is 0 Å². The summed E-state index contributed by atoms with van der Waals surface area (Å²) in [6.07, 6.45) is 1.38. The van der Waals surface area contributed by atoms with E-state index in [1.807, 2.05) is 32.6 Å². The highest BCUT2D eigenvalue weighted by Crippen LogP contribution is 2.24. The Kier molecular flexibility index (Phi) is 4.39. The van der Waals surface area contributed by atoms with Crippen molar-refractivity contribution in [1.82, 2.24) is 10.1 Å². The van der Waals surface area contributed by atoms with Crippen molar-refractivity contribution in [2.24, 2.45) is 0 Å². The van der Waals surface area contributed by atoms with Crippen LogP contribution in [0, 0.1) is 0 Å². The number of likely N-dealkylation sites (tertiary alicyclic amines) is 1. The molecule has 0 aliphatic carbocycles. The first kappa shape index (κ1) is 16.0. The normalized spacial score (nSPS) is 19.5. The lowest BCUT2D eigenvalue weighted by Gasteiger charge is -2.35. The van der Waals surface area contributed by atoms with Crippen LogP contribution in [0.4, 0.5) is 5.88 Å². The molecule has 0 unspecified atom stereocenters. The fraction of sp³-hybridized carbons (Fsp3) is 0.733. The number of hydrogen-bond donors (Lipinski definition) is 2. The highest BCUT2D eigenvalue weighted by Gasteiger charge is 2.28. The third-order valence-corrected chi connectivity index (χ3v) is 3.84. The van der Waals surface area contributed by atoms with Gasteiger partial charge >= 0.3 is 0 Å². The van der Waals surface area contributed by atoms with Gasteiger partial charge in [-0.05, 0) is 19.8 Å². The lowest BCUT2D eigenvalue weighted by Crippen LogP contribution is -2.45. The zero-order chi connectivity index (χ0) is 15.7. The third-order valence-electron chi connectivity index (χ3n) is 3.84. The monoisotopic (exact) mass is 295 g/mol. The van der Waals surface area contributed by atoms with Gasteiger partial charge < -0.3 is 9.63 Å². The van der Waals surface area contributed by atoms with Crippen molar-refractivity contribution < 1.29 is 14.4 Å². The number of piperidine rings is 1. The molecule has 1 aromatic heterocycles. The fourth-order valence-electron chi connectivity index (χ4n) is 2.26. The van der Waals surface area contributed by atoms with E-state index in [9.17, 15) is 9.90 Å². The summed E-state index contributed by atoms with van der Waals surface area (Å²) in [7, 11) is 0. The summed E-state index contributed by atoms with van der Waals surface area (Å²) in [5.41, 5.74) is 0.108. The topological polar surface area (TPSA) is 78.6 Å². The van der Waals surface area contributed by atoms with Gasteiger partial charge in [0.2, 0.25) is 11.8 Å². The van der Waals surface area contributed by atoms with Gasteiger partial charge in [0.25, 0.3) is 0 Å². The Morgan fingerprint density at radius 3 is 2.62 bits per heavy atom. The minimum Gasteiger partial charge on any atom is -0.390 e. The molecule has 1 aromatic rings. The third kappa shape index (κ3) is 4.54. The number of nitrogens with zero attached hydrogens (tertiary/aromatic N) is 2. The van der Waals surface area contributed by atoms with Crippen LogP contribution in [0.2, 0.25) is 0 Å². The predicted octanol–water partition coefficient (Wildman–Crippen LogP) is 1.76. The van der Waals surface area contributed by atoms with E-state index in [4.69, 9.17) is 4.52 Å². The molecular weight excluding hydrogens is 270 g/mol. The Morgan fingerprint density at radius 1 is 1.48 bits per heavy atom. The highest BCUT2D eigenvalue weighted by atomic mass is 16.5. The molecule has 1 fully saturated rings. The van der Waals surface area contributed by atoms with Gasteiger partial charge in [0.15, 0.2) is 0 Å². The Labute approximate surface area is 125 Å². The van der Waals surface area contributed by atoms with E-state index in [0.717, 1.165) is 18.8 Å². The first-order chi connectivity index (χ1) is 9.66. The molecule has 0 saturated carbocycles. The van der Waals surface area contributed by atoms with Gasteiger partial charge in [-0.3, -0.25) is 15.0 Å². The molecule has 0 aromatic carbocycles. The standard InChI is InChI=1S/C15H25N3O3/c1-14(2,3)11-9-13(21-17-11)16-12(19)10-18-7-5-15(4,20)6-8-18/h9,20H,5-8,10H2,1-4H3,(H,16,19). The lowest BCUT2D eigenvalue weighted by atomic mass is 9.92. The SMILES string of the molecule is CC1(O)CCN(CC(=O)Nc2cc(C(C)(C)C)no2)CC1. The number of rotatable bonds is 3. The molecular formula is C15H25N3O3. The molecule has 118 valence electrons. The van der Waals surface area contributed by atoms with Crippen LogP contribution in [0.3, 0.4) is 0 Å². The minimum atomic E-state index is -0.598. The molecule has 1 aliphatic heterocycles. The summed E-state index contributed by atoms with van der Waals surface area (Å²) in [5.74, 6) is 0.266. The van der Waals surface area contributed by atoms with Crippen LogP contribution in [0.25, 0.3) is 0 Å². The quantitative estimate of drug-likeness (QED) is 0.888. The Bertz CT molecular complexity index is 493. The van der Waals surface area contributed by atoms with E-state index in [-0.39, 0.29) is 11.3 Å². The van der Waals surface area contributed by atoms with Gasteiger partial charge in [-0.25, -0.2) is 0 Å². The molecule has 1 amide bonds. The number of nitrogens with one attached hydrogen (secondary N) is 1. The number of aliphatic hydroxyl groups is 1. The van der Waals surface area contributed by atoms with Crippen LogP contribution in [-0.4, -0.2) is 46.3 Å². The molecule has 2 heterocycles. The zero-order valence-corrected chi connectivity index (χ0v) is 13.3. The smallest absolute Gasteiger partial charge is 0.240 e. The van der Waals surface area contributed by atoms with Crippen LogP contribution in [0.5, 0.6) is 0 Å². The van der Waals surface area contributed by atoms with Crippen LogP contribution < -0.4 is 5.32 Å². The molecule has 0 atom stereocenters. The largest absolute Gasteiger partial charge is 0.390 e. The average Bonchev–Trinajstić information content (AvgIpc) is 2.80. The molecule has 21 heavy (non-hydrogen) atoms. The molecule has 2 rings (SSSR count). The second-order valence-electron chi connectivity index (χ2n) is 7.15. The lowest BCUT2D eigenvalue weighted by molar-refractivity contribution is -0.118. The van der Waals surface area contributed by atoms with Gasteiger partial charge in [-0.15, -0.1) is 0 Å². The van der Waals surface area contributed by atoms with Crippen molar-refractivity contribution in [3.05, 3.63) is 11.8 Å². The van der Waals surface area contributed by atoms with E-state index >= 15 is 0 Å². The number of anilines is 1. The maximum Gasteiger partial charge on any atom is 0.240 e. The van der Waals surface area contributed by atoms with E-state index < -0.39 is 5.60 Å². The van der Waals surface area contributed by atoms with Gasteiger partial charge in [-0.2, -0.15) is 0 Å². The van der Waals surface area contributed by atoms with Crippen molar-refractivity contribution >= 4 is 11.8 Å². The second-order valence-corrected chi connectivity index (χ2v) is 7.15. The summed E-state index contributed by atoms with van der Waals surface area (Å²) in [5, 5.41) is 16.6. The Balaban J connectivity index is 1.84. The van der Waals surface area contributed by atoms with E-state index in [2.05, 4.69) is 10.5 Å². The number of carbonyl (C=O) groups is 1. The number of amides is 1. The second kappa shape index (κ2) is 5.77. The molecule has 0 bridgehead atoms. The van der Waals surface area contributed by atoms with Gasteiger partial charge in [0.05, 0.1) is 17.8 Å². The first-order valence-corrected chi connectivity index (χ1v) is 7.37. The molecule has 2 N–H and O–H groups in total. The summed E-state index contributed by atoms with van der Waals surface area (Å²) in [6.45, 7) is 9.71. The van der Waals surface area contributed by atoms with Crippen molar-refractivity contribution in [2.75, 3.05) is 25.0 Å². The number of carbonyl (C=O) groups excluding carboxylic acids is 1. The Hall–Kier alpha value is -1.40. The Morgan fingerprint density at radius 2 is 2.10 bits per heavy atom. The molecule has 0 radical (unpaired) electrons. The summed E-state index contributed by atoms with van der Waals surface area (Å²) in [4.78, 5) is 14.0. The number of aromatic nitrogens is 1. The van der Waals surface area contributed by atoms with Crippen LogP contribution >= 0.6 is 0 Å². The van der Waals surface area contributed by atoms with Crippen LogP contribution in [-0.2, 0) is 10.2 Å². The van der Waals surface area contributed by atoms with E-state index in [1.54, 1.807) is 6.07 Å². The van der Waals surface area contributed by atoms with Gasteiger partial charge in [0.1, 0.15) is 0 Å². The zero-order valence-electron chi connectivity index (χ0n) is 13.3. The van der Waals surface area contributed by atoms with Crippen LogP contribution in [0.1, 0.15) is 46.2 Å².